The molecular weight excluding hydrogens is 436 g/mol. The maximum absolute atomic E-state index is 5.98. The molecule has 3 aromatic rings. The molecule has 0 N–H and O–H groups in total. The lowest BCUT2D eigenvalue weighted by atomic mass is 10.0. The fraction of sp³-hybridized carbons (Fsp3) is 0.323. The Bertz CT molecular complexity index is 1160. The van der Waals surface area contributed by atoms with Crippen LogP contribution < -0.4 is 0 Å². The number of benzene rings is 2. The van der Waals surface area contributed by atoms with Crippen LogP contribution in [0.15, 0.2) is 72.9 Å². The number of aromatic nitrogens is 1. The Labute approximate surface area is 209 Å². The van der Waals surface area contributed by atoms with Gasteiger partial charge in [-0.25, -0.2) is 4.98 Å². The van der Waals surface area contributed by atoms with E-state index < -0.39 is 0 Å². The predicted molar refractivity (Wildman–Crippen MR) is 145 cm³/mol. The third kappa shape index (κ3) is 6.83. The maximum atomic E-state index is 5.98. The second-order valence-corrected chi connectivity index (χ2v) is 9.73. The van der Waals surface area contributed by atoms with Crippen LogP contribution in [0.2, 0.25) is 5.02 Å². The van der Waals surface area contributed by atoms with E-state index in [-0.39, 0.29) is 0 Å². The monoisotopic (exact) mass is 468 g/mol. The van der Waals surface area contributed by atoms with Crippen molar-refractivity contribution in [3.63, 3.8) is 0 Å². The van der Waals surface area contributed by atoms with E-state index in [1.807, 2.05) is 42.6 Å². The second-order valence-electron chi connectivity index (χ2n) is 9.29. The van der Waals surface area contributed by atoms with Gasteiger partial charge in [0.25, 0.3) is 0 Å². The van der Waals surface area contributed by atoms with Gasteiger partial charge in [-0.05, 0) is 98.5 Å². The standard InChI is InChI=1S/C31H33ClN2/c1-4-19-34(22-26-5-6-26)24(3)20-23(2)27-10-7-25(8-11-27)9-17-31-18-14-29(21-33-31)28-12-15-30(32)16-13-28/h7-8,10-16,18,20-21,24,26H,4-6,19,22H2,1-3H3/t24-/m1/s1. The van der Waals surface area contributed by atoms with Crippen LogP contribution in [0.3, 0.4) is 0 Å². The highest BCUT2D eigenvalue weighted by molar-refractivity contribution is 6.30. The molecule has 1 heterocycles. The number of halogens is 1. The van der Waals surface area contributed by atoms with Crippen LogP contribution in [0.4, 0.5) is 0 Å². The zero-order valence-corrected chi connectivity index (χ0v) is 21.1. The van der Waals surface area contributed by atoms with E-state index >= 15 is 0 Å². The summed E-state index contributed by atoms with van der Waals surface area (Å²) in [6, 6.07) is 20.8. The Hall–Kier alpha value is -2.86. The Balaban J connectivity index is 1.39. The Morgan fingerprint density at radius 3 is 2.35 bits per heavy atom. The summed E-state index contributed by atoms with van der Waals surface area (Å²) >= 11 is 5.98. The highest BCUT2D eigenvalue weighted by Gasteiger charge is 2.25. The summed E-state index contributed by atoms with van der Waals surface area (Å²) < 4.78 is 0. The minimum Gasteiger partial charge on any atom is -0.297 e. The SMILES string of the molecule is CCCN(CC1CC1)[C@H](C)C=C(C)c1ccc(C#Cc2ccc(-c3ccc(Cl)cc3)cn2)cc1. The zero-order valence-electron chi connectivity index (χ0n) is 20.4. The van der Waals surface area contributed by atoms with E-state index in [9.17, 15) is 0 Å². The van der Waals surface area contributed by atoms with Crippen LogP contribution in [0.1, 0.15) is 56.9 Å². The van der Waals surface area contributed by atoms with E-state index in [0.29, 0.717) is 6.04 Å². The molecule has 34 heavy (non-hydrogen) atoms. The van der Waals surface area contributed by atoms with E-state index in [0.717, 1.165) is 33.3 Å². The van der Waals surface area contributed by atoms with Crippen molar-refractivity contribution in [2.24, 2.45) is 5.92 Å². The lowest BCUT2D eigenvalue weighted by Crippen LogP contribution is -2.34. The van der Waals surface area contributed by atoms with Crippen LogP contribution >= 0.6 is 11.6 Å². The third-order valence-electron chi connectivity index (χ3n) is 6.38. The van der Waals surface area contributed by atoms with Gasteiger partial charge in [-0.3, -0.25) is 4.90 Å². The van der Waals surface area contributed by atoms with Gasteiger partial charge in [-0.15, -0.1) is 0 Å². The van der Waals surface area contributed by atoms with Crippen molar-refractivity contribution in [3.05, 3.63) is 94.8 Å². The summed E-state index contributed by atoms with van der Waals surface area (Å²) in [4.78, 5) is 7.14. The van der Waals surface area contributed by atoms with E-state index in [1.165, 1.54) is 43.5 Å². The summed E-state index contributed by atoms with van der Waals surface area (Å²) in [5, 5.41) is 0.734. The average molecular weight is 469 g/mol. The lowest BCUT2D eigenvalue weighted by molar-refractivity contribution is 0.232. The van der Waals surface area contributed by atoms with E-state index in [4.69, 9.17) is 11.6 Å². The molecule has 0 bridgehead atoms. The summed E-state index contributed by atoms with van der Waals surface area (Å²) in [5.41, 5.74) is 6.48. The van der Waals surface area contributed by atoms with Crippen LogP contribution in [0.25, 0.3) is 16.7 Å². The topological polar surface area (TPSA) is 16.1 Å². The van der Waals surface area contributed by atoms with Gasteiger partial charge in [0.1, 0.15) is 5.69 Å². The Morgan fingerprint density at radius 2 is 1.74 bits per heavy atom. The number of pyridine rings is 1. The molecule has 3 heteroatoms. The first kappa shape index (κ1) is 24.3. The van der Waals surface area contributed by atoms with Gasteiger partial charge < -0.3 is 0 Å². The summed E-state index contributed by atoms with van der Waals surface area (Å²) in [6.07, 6.45) is 8.28. The molecule has 174 valence electrons. The van der Waals surface area contributed by atoms with Gasteiger partial charge in [-0.1, -0.05) is 60.9 Å². The fourth-order valence-corrected chi connectivity index (χ4v) is 4.30. The summed E-state index contributed by atoms with van der Waals surface area (Å²) in [6.45, 7) is 9.22. The number of hydrogen-bond acceptors (Lipinski definition) is 2. The smallest absolute Gasteiger partial charge is 0.113 e. The highest BCUT2D eigenvalue weighted by Crippen LogP contribution is 2.31. The van der Waals surface area contributed by atoms with Crippen LogP contribution in [0.5, 0.6) is 0 Å². The van der Waals surface area contributed by atoms with Crippen molar-refractivity contribution in [1.29, 1.82) is 0 Å². The molecule has 2 aromatic carbocycles. The molecule has 0 spiro atoms. The normalized spacial score (nSPS) is 14.6. The molecule has 1 saturated carbocycles. The first-order valence-electron chi connectivity index (χ1n) is 12.3. The van der Waals surface area contributed by atoms with Crippen molar-refractivity contribution < 1.29 is 0 Å². The second kappa shape index (κ2) is 11.5. The van der Waals surface area contributed by atoms with E-state index in [1.54, 1.807) is 0 Å². The molecule has 0 unspecified atom stereocenters. The quantitative estimate of drug-likeness (QED) is 0.314. The highest BCUT2D eigenvalue weighted by atomic mass is 35.5. The third-order valence-corrected chi connectivity index (χ3v) is 6.64. The van der Waals surface area contributed by atoms with Crippen molar-refractivity contribution in [2.45, 2.75) is 46.1 Å². The van der Waals surface area contributed by atoms with E-state index in [2.05, 4.69) is 72.8 Å². The van der Waals surface area contributed by atoms with Crippen LogP contribution in [0, 0.1) is 17.8 Å². The predicted octanol–water partition coefficient (Wildman–Crippen LogP) is 7.72. The van der Waals surface area contributed by atoms with Gasteiger partial charge in [-0.2, -0.15) is 0 Å². The first-order valence-corrected chi connectivity index (χ1v) is 12.7. The molecule has 2 nitrogen and oxygen atoms in total. The average Bonchev–Trinajstić information content (AvgIpc) is 3.68. The molecule has 1 aliphatic rings. The van der Waals surface area contributed by atoms with Crippen molar-refractivity contribution >= 4 is 17.2 Å². The molecule has 4 rings (SSSR count). The largest absolute Gasteiger partial charge is 0.297 e. The molecule has 0 aliphatic heterocycles. The van der Waals surface area contributed by atoms with Gasteiger partial charge in [0, 0.05) is 34.9 Å². The number of hydrogen-bond donors (Lipinski definition) is 0. The molecule has 1 aliphatic carbocycles. The van der Waals surface area contributed by atoms with Gasteiger partial charge >= 0.3 is 0 Å². The summed E-state index contributed by atoms with van der Waals surface area (Å²) in [7, 11) is 0. The zero-order chi connectivity index (χ0) is 23.9. The number of rotatable bonds is 8. The summed E-state index contributed by atoms with van der Waals surface area (Å²) in [5.74, 6) is 7.34. The van der Waals surface area contributed by atoms with Crippen molar-refractivity contribution in [1.82, 2.24) is 9.88 Å². The lowest BCUT2D eigenvalue weighted by Gasteiger charge is -2.27. The molecule has 0 saturated heterocycles. The number of nitrogens with zero attached hydrogens (tertiary/aromatic N) is 2. The van der Waals surface area contributed by atoms with Crippen LogP contribution in [-0.4, -0.2) is 29.0 Å². The Kier molecular flexibility index (Phi) is 8.22. The molecule has 0 amide bonds. The fourth-order valence-electron chi connectivity index (χ4n) is 4.18. The first-order chi connectivity index (χ1) is 16.5. The van der Waals surface area contributed by atoms with Gasteiger partial charge in [0.15, 0.2) is 0 Å². The van der Waals surface area contributed by atoms with Gasteiger partial charge in [0.05, 0.1) is 0 Å². The minimum absolute atomic E-state index is 0.460. The molecule has 1 atom stereocenters. The van der Waals surface area contributed by atoms with Crippen molar-refractivity contribution in [2.75, 3.05) is 13.1 Å². The molecule has 0 radical (unpaired) electrons. The molecule has 1 aromatic heterocycles. The Morgan fingerprint density at radius 1 is 1.03 bits per heavy atom. The van der Waals surface area contributed by atoms with Crippen LogP contribution in [-0.2, 0) is 0 Å². The molecule has 1 fully saturated rings. The maximum Gasteiger partial charge on any atom is 0.113 e. The van der Waals surface area contributed by atoms with Crippen molar-refractivity contribution in [3.8, 4) is 23.0 Å². The molecular formula is C31H33ClN2. The number of allylic oxidation sites excluding steroid dienone is 1. The van der Waals surface area contributed by atoms with Gasteiger partial charge in [0.2, 0.25) is 0 Å². The minimum atomic E-state index is 0.460.